The molecule has 1 heterocycles. The van der Waals surface area contributed by atoms with Crippen LogP contribution >= 0.6 is 12.2 Å². The summed E-state index contributed by atoms with van der Waals surface area (Å²) in [5, 5.41) is 0. The fourth-order valence-corrected chi connectivity index (χ4v) is 0.629. The Labute approximate surface area is 58.7 Å². The molecule has 0 radical (unpaired) electrons. The van der Waals surface area contributed by atoms with E-state index in [9.17, 15) is 0 Å². The molecular weight excluding hydrogens is 132 g/mol. The van der Waals surface area contributed by atoms with E-state index in [1.165, 1.54) is 0 Å². The molecule has 0 aliphatic rings. The number of nitrogens with two attached hydrogens (primary N) is 1. The van der Waals surface area contributed by atoms with E-state index < -0.39 is 0 Å². The van der Waals surface area contributed by atoms with Gasteiger partial charge >= 0.3 is 0 Å². The lowest BCUT2D eigenvalue weighted by molar-refractivity contribution is 1.29. The van der Waals surface area contributed by atoms with E-state index in [1.807, 2.05) is 12.1 Å². The molecule has 0 aliphatic carbocycles. The second kappa shape index (κ2) is 2.55. The quantitative estimate of drug-likeness (QED) is 0.581. The van der Waals surface area contributed by atoms with E-state index in [4.69, 9.17) is 5.73 Å². The molecule has 2 N–H and O–H groups in total. The van der Waals surface area contributed by atoms with Crippen LogP contribution in [0.1, 0.15) is 5.69 Å². The Morgan fingerprint density at radius 3 is 2.67 bits per heavy atom. The molecule has 0 aliphatic heterocycles. The lowest BCUT2D eigenvalue weighted by Gasteiger charge is -1.91. The topological polar surface area (TPSA) is 38.9 Å². The van der Waals surface area contributed by atoms with E-state index >= 15 is 0 Å². The van der Waals surface area contributed by atoms with Crippen molar-refractivity contribution in [3.8, 4) is 0 Å². The monoisotopic (exact) mass is 138 g/mol. The average molecular weight is 138 g/mol. The van der Waals surface area contributed by atoms with Crippen molar-refractivity contribution in [2.75, 3.05) is 0 Å². The van der Waals surface area contributed by atoms with Gasteiger partial charge in [-0.05, 0) is 12.1 Å². The Kier molecular flexibility index (Phi) is 1.75. The smallest absolute Gasteiger partial charge is 0.122 e. The van der Waals surface area contributed by atoms with E-state index in [1.54, 1.807) is 12.3 Å². The fraction of sp³-hybridized carbons (Fsp3) is 0. The minimum Gasteiger partial charge on any atom is -0.388 e. The second-order valence-corrected chi connectivity index (χ2v) is 2.02. The predicted molar refractivity (Wildman–Crippen MR) is 40.1 cm³/mol. The van der Waals surface area contributed by atoms with Gasteiger partial charge in [0, 0.05) is 6.20 Å². The highest BCUT2D eigenvalue weighted by atomic mass is 32.1. The number of rotatable bonds is 1. The molecule has 0 aromatic carbocycles. The largest absolute Gasteiger partial charge is 0.388 e. The third kappa shape index (κ3) is 1.47. The van der Waals surface area contributed by atoms with Gasteiger partial charge in [-0.15, -0.1) is 0 Å². The Bertz CT molecular complexity index is 208. The van der Waals surface area contributed by atoms with Crippen LogP contribution < -0.4 is 5.73 Å². The van der Waals surface area contributed by atoms with E-state index in [0.717, 1.165) is 0 Å². The van der Waals surface area contributed by atoms with Crippen molar-refractivity contribution in [3.63, 3.8) is 0 Å². The first-order valence-electron chi connectivity index (χ1n) is 2.51. The lowest BCUT2D eigenvalue weighted by atomic mass is 10.4. The fourth-order valence-electron chi connectivity index (χ4n) is 0.509. The summed E-state index contributed by atoms with van der Waals surface area (Å²) in [4.78, 5) is 4.26. The summed E-state index contributed by atoms with van der Waals surface area (Å²) < 4.78 is 0. The maximum Gasteiger partial charge on any atom is 0.122 e. The first kappa shape index (κ1) is 6.16. The molecule has 0 spiro atoms. The van der Waals surface area contributed by atoms with Gasteiger partial charge in [0.05, 0.1) is 5.69 Å². The molecule has 0 saturated heterocycles. The number of aromatic nitrogens is 1. The minimum atomic E-state index is 0.343. The SMILES string of the molecule is NC(=S)c1ccccn1. The van der Waals surface area contributed by atoms with Crippen LogP contribution in [0.2, 0.25) is 0 Å². The van der Waals surface area contributed by atoms with Crippen molar-refractivity contribution in [1.82, 2.24) is 4.98 Å². The van der Waals surface area contributed by atoms with Crippen molar-refractivity contribution in [2.45, 2.75) is 0 Å². The van der Waals surface area contributed by atoms with Crippen molar-refractivity contribution in [2.24, 2.45) is 5.73 Å². The normalized spacial score (nSPS) is 8.89. The molecule has 3 heteroatoms. The van der Waals surface area contributed by atoms with Crippen molar-refractivity contribution in [3.05, 3.63) is 30.1 Å². The molecule has 1 aromatic heterocycles. The zero-order valence-electron chi connectivity index (χ0n) is 4.74. The van der Waals surface area contributed by atoms with Crippen LogP contribution in [0.15, 0.2) is 24.4 Å². The third-order valence-corrected chi connectivity index (χ3v) is 1.13. The van der Waals surface area contributed by atoms with Gasteiger partial charge in [-0.1, -0.05) is 18.3 Å². The van der Waals surface area contributed by atoms with Gasteiger partial charge in [0.1, 0.15) is 4.99 Å². The van der Waals surface area contributed by atoms with Crippen molar-refractivity contribution >= 4 is 17.2 Å². The van der Waals surface area contributed by atoms with Crippen LogP contribution in [-0.4, -0.2) is 9.97 Å². The summed E-state index contributed by atoms with van der Waals surface area (Å²) >= 11 is 4.68. The Hall–Kier alpha value is -0.960. The molecule has 1 rings (SSSR count). The van der Waals surface area contributed by atoms with Crippen LogP contribution in [-0.2, 0) is 0 Å². The van der Waals surface area contributed by atoms with Crippen molar-refractivity contribution < 1.29 is 0 Å². The van der Waals surface area contributed by atoms with Gasteiger partial charge < -0.3 is 5.73 Å². The van der Waals surface area contributed by atoms with Gasteiger partial charge in [0.2, 0.25) is 0 Å². The zero-order valence-corrected chi connectivity index (χ0v) is 5.56. The molecule has 2 nitrogen and oxygen atoms in total. The van der Waals surface area contributed by atoms with Crippen LogP contribution in [0.5, 0.6) is 0 Å². The highest BCUT2D eigenvalue weighted by Gasteiger charge is 1.91. The molecule has 0 saturated carbocycles. The third-order valence-electron chi connectivity index (χ3n) is 0.917. The number of pyridine rings is 1. The number of hydrogen-bond acceptors (Lipinski definition) is 2. The van der Waals surface area contributed by atoms with Gasteiger partial charge in [0.25, 0.3) is 0 Å². The first-order valence-corrected chi connectivity index (χ1v) is 2.92. The number of nitrogens with zero attached hydrogens (tertiary/aromatic N) is 1. The van der Waals surface area contributed by atoms with Crippen LogP contribution in [0.25, 0.3) is 0 Å². The van der Waals surface area contributed by atoms with Gasteiger partial charge in [0.15, 0.2) is 0 Å². The Morgan fingerprint density at radius 2 is 2.33 bits per heavy atom. The van der Waals surface area contributed by atoms with E-state index in [0.29, 0.717) is 10.7 Å². The Balaban J connectivity index is 2.98. The highest BCUT2D eigenvalue weighted by Crippen LogP contribution is 1.90. The van der Waals surface area contributed by atoms with Crippen LogP contribution in [0, 0.1) is 0 Å². The second-order valence-electron chi connectivity index (χ2n) is 1.58. The summed E-state index contributed by atoms with van der Waals surface area (Å²) in [6.07, 6.45) is 1.66. The van der Waals surface area contributed by atoms with E-state index in [2.05, 4.69) is 17.2 Å². The van der Waals surface area contributed by atoms with Crippen molar-refractivity contribution in [1.29, 1.82) is 0 Å². The molecule has 0 amide bonds. The van der Waals surface area contributed by atoms with Gasteiger partial charge in [-0.2, -0.15) is 0 Å². The maximum absolute atomic E-state index is 5.28. The van der Waals surface area contributed by atoms with Crippen LogP contribution in [0.3, 0.4) is 0 Å². The number of thiocarbonyl (C=S) groups is 1. The average Bonchev–Trinajstić information content (AvgIpc) is 1.90. The minimum absolute atomic E-state index is 0.343. The summed E-state index contributed by atoms with van der Waals surface area (Å²) in [5.74, 6) is 0. The predicted octanol–water partition coefficient (Wildman–Crippen LogP) is 0.716. The molecule has 0 bridgehead atoms. The maximum atomic E-state index is 5.28. The molecule has 0 unspecified atom stereocenters. The summed E-state index contributed by atoms with van der Waals surface area (Å²) in [5.41, 5.74) is 5.96. The lowest BCUT2D eigenvalue weighted by Crippen LogP contribution is -2.10. The van der Waals surface area contributed by atoms with Crippen LogP contribution in [0.4, 0.5) is 0 Å². The van der Waals surface area contributed by atoms with Gasteiger partial charge in [-0.25, -0.2) is 0 Å². The Morgan fingerprint density at radius 1 is 1.56 bits per heavy atom. The highest BCUT2D eigenvalue weighted by molar-refractivity contribution is 7.80. The molecule has 1 aromatic rings. The molecule has 9 heavy (non-hydrogen) atoms. The first-order chi connectivity index (χ1) is 4.30. The molecular formula is C6H6N2S. The van der Waals surface area contributed by atoms with Gasteiger partial charge in [-0.3, -0.25) is 4.98 Å². The summed E-state index contributed by atoms with van der Waals surface area (Å²) in [6, 6.07) is 5.45. The standard InChI is InChI=1S/C6H6N2S/c7-6(9)5-3-1-2-4-8-5/h1-4H,(H2,7,9). The molecule has 0 atom stereocenters. The summed E-state index contributed by atoms with van der Waals surface area (Å²) in [7, 11) is 0. The molecule has 0 fully saturated rings. The number of hydrogen-bond donors (Lipinski definition) is 1. The summed E-state index contributed by atoms with van der Waals surface area (Å²) in [6.45, 7) is 0. The molecule has 46 valence electrons. The zero-order chi connectivity index (χ0) is 6.69. The van der Waals surface area contributed by atoms with E-state index in [-0.39, 0.29) is 0 Å².